The maximum absolute atomic E-state index is 10.6. The van der Waals surface area contributed by atoms with E-state index in [0.717, 1.165) is 0 Å². The van der Waals surface area contributed by atoms with E-state index in [4.69, 9.17) is 10.4 Å². The van der Waals surface area contributed by atoms with Gasteiger partial charge in [0.2, 0.25) is 0 Å². The van der Waals surface area contributed by atoms with E-state index in [9.17, 15) is 9.59 Å². The van der Waals surface area contributed by atoms with Crippen LogP contribution in [0.15, 0.2) is 0 Å². The van der Waals surface area contributed by atoms with Gasteiger partial charge in [-0.2, -0.15) is 5.26 Å². The van der Waals surface area contributed by atoms with Crippen LogP contribution in [-0.2, 0) is 19.1 Å². The van der Waals surface area contributed by atoms with E-state index < -0.39 is 4.32 Å². The molecule has 0 aliphatic carbocycles. The second-order valence-electron chi connectivity index (χ2n) is 3.93. The van der Waals surface area contributed by atoms with E-state index in [0.29, 0.717) is 7.08 Å². The van der Waals surface area contributed by atoms with Crippen molar-refractivity contribution < 1.29 is 19.1 Å². The van der Waals surface area contributed by atoms with Gasteiger partial charge in [-0.3, -0.25) is 14.8 Å². The topological polar surface area (TPSA) is 100 Å². The third kappa shape index (κ3) is 34.7. The van der Waals surface area contributed by atoms with Crippen molar-refractivity contribution in [1.29, 1.82) is 10.4 Å². The van der Waals surface area contributed by atoms with E-state index >= 15 is 0 Å². The molecule has 2 atom stereocenters. The molecule has 11 heteroatoms. The number of nitrogens with one attached hydrogen (secondary N) is 1. The molecule has 0 aromatic heterocycles. The standard InChI is InChI=1S/C5H9BrO2.C4H7BrO2.C3H4BrN.BrHNP/c1-5(2,6)4(7)8-3;1-3(5)4(6)7-2;1-3(4)2-5;1-3-2/h1-3H3;3H,1-2H3;3H,1H3;2H. The molecule has 0 fully saturated rings. The molecular weight excluding hydrogens is 587 g/mol. The number of ether oxygens (including phenoxy) is 2. The first kappa shape index (κ1) is 31.2. The number of carbonyl (C=O) groups is 2. The Labute approximate surface area is 172 Å². The Bertz CT molecular complexity index is 369. The van der Waals surface area contributed by atoms with Crippen LogP contribution in [0.4, 0.5) is 0 Å². The van der Waals surface area contributed by atoms with E-state index in [-0.39, 0.29) is 21.6 Å². The number of nitrogens with zero attached hydrogens (tertiary/aromatic N) is 1. The van der Waals surface area contributed by atoms with E-state index in [2.05, 4.69) is 72.8 Å². The summed E-state index contributed by atoms with van der Waals surface area (Å²) in [5.74, 6) is -0.488. The number of esters is 2. The highest BCUT2D eigenvalue weighted by Crippen LogP contribution is 2.16. The summed E-state index contributed by atoms with van der Waals surface area (Å²) in [5, 5.41) is 13.9. The van der Waals surface area contributed by atoms with E-state index in [1.807, 2.05) is 6.07 Å². The van der Waals surface area contributed by atoms with Gasteiger partial charge in [-0.1, -0.05) is 47.8 Å². The monoisotopic (exact) mass is 604 g/mol. The molecule has 2 unspecified atom stereocenters. The summed E-state index contributed by atoms with van der Waals surface area (Å²) >= 11 is 12.0. The third-order valence-corrected chi connectivity index (χ3v) is 2.28. The predicted octanol–water partition coefficient (Wildman–Crippen LogP) is 5.57. The van der Waals surface area contributed by atoms with Crippen LogP contribution < -0.4 is 0 Å². The zero-order chi connectivity index (χ0) is 19.6. The number of methoxy groups -OCH3 is 2. The molecule has 0 bridgehead atoms. The fourth-order valence-corrected chi connectivity index (χ4v) is 0.754. The van der Waals surface area contributed by atoms with Crippen LogP contribution >= 0.6 is 70.4 Å². The summed E-state index contributed by atoms with van der Waals surface area (Å²) in [7, 11) is 3.21. The number of nitriles is 1. The minimum Gasteiger partial charge on any atom is -0.468 e. The normalized spacial score (nSPS) is 11.5. The van der Waals surface area contributed by atoms with Gasteiger partial charge in [0.15, 0.2) is 0 Å². The molecule has 0 aromatic rings. The first-order chi connectivity index (χ1) is 10.3. The molecule has 0 rings (SSSR count). The number of hydrogen-bond acceptors (Lipinski definition) is 6. The Balaban J connectivity index is -0.000000111. The molecule has 0 spiro atoms. The lowest BCUT2D eigenvalue weighted by atomic mass is 10.2. The molecule has 136 valence electrons. The maximum Gasteiger partial charge on any atom is 0.322 e. The Morgan fingerprint density at radius 1 is 1.22 bits per heavy atom. The Morgan fingerprint density at radius 2 is 1.52 bits per heavy atom. The Kier molecular flexibility index (Phi) is 27.8. The second-order valence-corrected chi connectivity index (χ2v) is 9.90. The van der Waals surface area contributed by atoms with Gasteiger partial charge >= 0.3 is 11.9 Å². The lowest BCUT2D eigenvalue weighted by Crippen LogP contribution is -2.24. The van der Waals surface area contributed by atoms with Crippen molar-refractivity contribution in [2.24, 2.45) is 0 Å². The highest BCUT2D eigenvalue weighted by Gasteiger charge is 2.23. The Hall–Kier alpha value is 0.450. The van der Waals surface area contributed by atoms with Crippen LogP contribution in [0.5, 0.6) is 0 Å². The molecule has 0 saturated heterocycles. The van der Waals surface area contributed by atoms with Gasteiger partial charge in [-0.05, 0) is 43.2 Å². The van der Waals surface area contributed by atoms with Crippen molar-refractivity contribution >= 4 is 82.3 Å². The number of rotatable bonds is 2. The van der Waals surface area contributed by atoms with Crippen molar-refractivity contribution in [2.75, 3.05) is 14.2 Å². The highest BCUT2D eigenvalue weighted by atomic mass is 79.9. The molecule has 0 radical (unpaired) electrons. The zero-order valence-corrected chi connectivity index (χ0v) is 20.9. The molecule has 0 aliphatic rings. The summed E-state index contributed by atoms with van der Waals surface area (Å²) in [5.41, 5.74) is 0. The first-order valence-electron chi connectivity index (χ1n) is 5.86. The van der Waals surface area contributed by atoms with Gasteiger partial charge in [-0.15, -0.1) is 0 Å². The lowest BCUT2D eigenvalue weighted by molar-refractivity contribution is -0.142. The first-order valence-corrected chi connectivity index (χ1v) is 11.4. The van der Waals surface area contributed by atoms with Crippen LogP contribution in [0, 0.1) is 16.5 Å². The fraction of sp³-hybridized carbons (Fsp3) is 0.750. The molecule has 6 nitrogen and oxygen atoms in total. The molecular formula is C12H21Br4N2O4P. The van der Waals surface area contributed by atoms with Crippen LogP contribution in [0.3, 0.4) is 0 Å². The molecule has 0 heterocycles. The van der Waals surface area contributed by atoms with Gasteiger partial charge in [0.25, 0.3) is 0 Å². The van der Waals surface area contributed by atoms with Crippen molar-refractivity contribution in [2.45, 2.75) is 41.7 Å². The molecule has 0 saturated carbocycles. The predicted molar refractivity (Wildman–Crippen MR) is 108 cm³/mol. The molecule has 23 heavy (non-hydrogen) atoms. The van der Waals surface area contributed by atoms with Gasteiger partial charge in [0, 0.05) is 0 Å². The van der Waals surface area contributed by atoms with Gasteiger partial charge in [-0.25, -0.2) is 0 Å². The third-order valence-electron chi connectivity index (χ3n) is 1.37. The number of alkyl halides is 3. The summed E-state index contributed by atoms with van der Waals surface area (Å²) in [6.45, 7) is 6.96. The quantitative estimate of drug-likeness (QED) is 0.251. The van der Waals surface area contributed by atoms with E-state index in [1.54, 1.807) is 27.7 Å². The zero-order valence-electron chi connectivity index (χ0n) is 13.7. The summed E-state index contributed by atoms with van der Waals surface area (Å²) < 4.78 is 8.21. The number of carbonyl (C=O) groups excluding carboxylic acids is 2. The van der Waals surface area contributed by atoms with Crippen molar-refractivity contribution in [3.8, 4) is 6.07 Å². The maximum atomic E-state index is 10.6. The number of hydrogen-bond donors (Lipinski definition) is 1. The smallest absolute Gasteiger partial charge is 0.322 e. The largest absolute Gasteiger partial charge is 0.468 e. The lowest BCUT2D eigenvalue weighted by Gasteiger charge is -2.10. The van der Waals surface area contributed by atoms with Crippen molar-refractivity contribution in [3.05, 3.63) is 0 Å². The van der Waals surface area contributed by atoms with Crippen molar-refractivity contribution in [3.63, 3.8) is 0 Å². The average molecular weight is 608 g/mol. The number of halogens is 4. The fourth-order valence-electron chi connectivity index (χ4n) is 0.405. The van der Waals surface area contributed by atoms with Crippen LogP contribution in [0.1, 0.15) is 27.7 Å². The SMILES string of the molecule is CC(Br)C#N.COC(=O)C(C)(C)Br.COC(=O)C(C)Br.N=PBr. The van der Waals surface area contributed by atoms with Crippen molar-refractivity contribution in [1.82, 2.24) is 0 Å². The minimum atomic E-state index is -0.540. The second kappa shape index (κ2) is 20.5. The van der Waals surface area contributed by atoms with Gasteiger partial charge < -0.3 is 9.47 Å². The summed E-state index contributed by atoms with van der Waals surface area (Å²) in [6, 6.07) is 1.94. The molecule has 0 aliphatic heterocycles. The van der Waals surface area contributed by atoms with Crippen LogP contribution in [0.2, 0.25) is 0 Å². The van der Waals surface area contributed by atoms with E-state index in [1.165, 1.54) is 14.2 Å². The summed E-state index contributed by atoms with van der Waals surface area (Å²) in [4.78, 5) is 20.6. The molecule has 0 aromatic carbocycles. The Morgan fingerprint density at radius 3 is 1.52 bits per heavy atom. The molecule has 1 N–H and O–H groups in total. The summed E-state index contributed by atoms with van der Waals surface area (Å²) in [6.07, 6.45) is 0. The van der Waals surface area contributed by atoms with Gasteiger partial charge in [0.1, 0.15) is 9.15 Å². The van der Waals surface area contributed by atoms with Gasteiger partial charge in [0.05, 0.1) is 32.2 Å². The average Bonchev–Trinajstić information content (AvgIpc) is 2.46. The minimum absolute atomic E-state index is 0.00231. The highest BCUT2D eigenvalue weighted by molar-refractivity contribution is 9.35. The van der Waals surface area contributed by atoms with Crippen LogP contribution in [-0.4, -0.2) is 40.1 Å². The molecule has 0 amide bonds. The van der Waals surface area contributed by atoms with Crippen LogP contribution in [0.25, 0.3) is 0 Å².